The van der Waals surface area contributed by atoms with Crippen LogP contribution in [-0.2, 0) is 11.8 Å². The van der Waals surface area contributed by atoms with E-state index in [9.17, 15) is 4.79 Å². The zero-order chi connectivity index (χ0) is 18.3. The maximum atomic E-state index is 12.8. The molecule has 1 aromatic heterocycles. The molecule has 3 atom stereocenters. The lowest BCUT2D eigenvalue weighted by Crippen LogP contribution is -2.33. The van der Waals surface area contributed by atoms with E-state index in [0.29, 0.717) is 13.2 Å². The lowest BCUT2D eigenvalue weighted by atomic mass is 9.95. The quantitative estimate of drug-likeness (QED) is 0.896. The number of nitrogens with zero attached hydrogens (tertiary/aromatic N) is 2. The van der Waals surface area contributed by atoms with E-state index in [1.54, 1.807) is 4.68 Å². The maximum absolute atomic E-state index is 12.8. The van der Waals surface area contributed by atoms with E-state index in [1.807, 2.05) is 37.6 Å². The van der Waals surface area contributed by atoms with Gasteiger partial charge in [0.2, 0.25) is 5.91 Å². The number of ether oxygens (including phenoxy) is 2. The summed E-state index contributed by atoms with van der Waals surface area (Å²) < 4.78 is 13.1. The minimum Gasteiger partial charge on any atom is -0.486 e. The van der Waals surface area contributed by atoms with Crippen LogP contribution in [0.5, 0.6) is 11.5 Å². The predicted molar refractivity (Wildman–Crippen MR) is 97.2 cm³/mol. The van der Waals surface area contributed by atoms with Crippen molar-refractivity contribution in [3.8, 4) is 11.5 Å². The minimum atomic E-state index is -0.0477. The Morgan fingerprint density at radius 3 is 2.73 bits per heavy atom. The molecular weight excluding hydrogens is 330 g/mol. The second-order valence-corrected chi connectivity index (χ2v) is 7.53. The van der Waals surface area contributed by atoms with Gasteiger partial charge < -0.3 is 14.8 Å². The largest absolute Gasteiger partial charge is 0.486 e. The molecule has 1 aliphatic heterocycles. The zero-order valence-corrected chi connectivity index (χ0v) is 15.4. The molecule has 1 aromatic carbocycles. The predicted octanol–water partition coefficient (Wildman–Crippen LogP) is 2.81. The van der Waals surface area contributed by atoms with Gasteiger partial charge in [-0.05, 0) is 41.5 Å². The fraction of sp³-hybridized carbons (Fsp3) is 0.500. The molecule has 0 saturated heterocycles. The molecule has 6 nitrogen and oxygen atoms in total. The van der Waals surface area contributed by atoms with Crippen molar-refractivity contribution in [2.45, 2.75) is 32.2 Å². The highest BCUT2D eigenvalue weighted by Gasteiger charge is 2.45. The smallest absolute Gasteiger partial charge is 0.224 e. The van der Waals surface area contributed by atoms with Crippen LogP contribution in [0.15, 0.2) is 30.6 Å². The molecule has 26 heavy (non-hydrogen) atoms. The molecule has 0 radical (unpaired) electrons. The van der Waals surface area contributed by atoms with Crippen LogP contribution < -0.4 is 14.8 Å². The number of benzene rings is 1. The molecule has 1 amide bonds. The van der Waals surface area contributed by atoms with Crippen LogP contribution in [-0.4, -0.2) is 28.9 Å². The molecule has 0 unspecified atom stereocenters. The monoisotopic (exact) mass is 355 g/mol. The van der Waals surface area contributed by atoms with E-state index in [1.165, 1.54) is 0 Å². The molecule has 1 aliphatic carbocycles. The van der Waals surface area contributed by atoms with Gasteiger partial charge in [-0.25, -0.2) is 0 Å². The van der Waals surface area contributed by atoms with Crippen LogP contribution >= 0.6 is 0 Å². The number of amides is 1. The summed E-state index contributed by atoms with van der Waals surface area (Å²) >= 11 is 0. The van der Waals surface area contributed by atoms with E-state index in [0.717, 1.165) is 29.0 Å². The van der Waals surface area contributed by atoms with Crippen molar-refractivity contribution < 1.29 is 14.3 Å². The van der Waals surface area contributed by atoms with Crippen LogP contribution in [0, 0.1) is 11.8 Å². The number of nitrogens with one attached hydrogen (secondary N) is 1. The highest BCUT2D eigenvalue weighted by Crippen LogP contribution is 2.48. The molecular formula is C20H25N3O3. The van der Waals surface area contributed by atoms with Gasteiger partial charge in [-0.15, -0.1) is 0 Å². The Hall–Kier alpha value is -2.50. The van der Waals surface area contributed by atoms with E-state index >= 15 is 0 Å². The zero-order valence-electron chi connectivity index (χ0n) is 15.4. The van der Waals surface area contributed by atoms with Crippen molar-refractivity contribution in [3.63, 3.8) is 0 Å². The Morgan fingerprint density at radius 1 is 1.27 bits per heavy atom. The van der Waals surface area contributed by atoms with Crippen LogP contribution in [0.1, 0.15) is 43.4 Å². The van der Waals surface area contributed by atoms with Gasteiger partial charge in [0.25, 0.3) is 0 Å². The molecule has 1 fully saturated rings. The number of aryl methyl sites for hydroxylation is 1. The van der Waals surface area contributed by atoms with Crippen molar-refractivity contribution in [2.24, 2.45) is 18.9 Å². The van der Waals surface area contributed by atoms with Gasteiger partial charge in [-0.1, -0.05) is 19.9 Å². The fourth-order valence-corrected chi connectivity index (χ4v) is 3.63. The van der Waals surface area contributed by atoms with E-state index in [4.69, 9.17) is 9.47 Å². The number of hydrogen-bond donors (Lipinski definition) is 1. The normalized spacial score (nSPS) is 22.2. The Balaban J connectivity index is 1.47. The third kappa shape index (κ3) is 3.28. The van der Waals surface area contributed by atoms with E-state index in [2.05, 4.69) is 24.3 Å². The molecule has 138 valence electrons. The van der Waals surface area contributed by atoms with Crippen molar-refractivity contribution in [1.29, 1.82) is 0 Å². The van der Waals surface area contributed by atoms with Crippen LogP contribution in [0.4, 0.5) is 0 Å². The number of fused-ring (bicyclic) bond motifs is 1. The summed E-state index contributed by atoms with van der Waals surface area (Å²) in [5, 5.41) is 7.45. The van der Waals surface area contributed by atoms with Gasteiger partial charge in [0.15, 0.2) is 11.5 Å². The van der Waals surface area contributed by atoms with Gasteiger partial charge in [-0.2, -0.15) is 5.10 Å². The number of aromatic nitrogens is 2. The Morgan fingerprint density at radius 2 is 2.04 bits per heavy atom. The van der Waals surface area contributed by atoms with Crippen molar-refractivity contribution >= 4 is 5.91 Å². The SMILES string of the molecule is CC(C)[C@H](NC(=O)[C@@H]1C[C@H]1c1cnn(C)c1)c1ccc2c(c1)OCCO2. The molecule has 2 heterocycles. The maximum Gasteiger partial charge on any atom is 0.224 e. The topological polar surface area (TPSA) is 65.4 Å². The Bertz CT molecular complexity index is 814. The summed E-state index contributed by atoms with van der Waals surface area (Å²) in [5.74, 6) is 2.25. The molecule has 2 aromatic rings. The molecule has 6 heteroatoms. The van der Waals surface area contributed by atoms with Gasteiger partial charge in [-0.3, -0.25) is 9.48 Å². The van der Waals surface area contributed by atoms with Gasteiger partial charge in [0.05, 0.1) is 12.2 Å². The summed E-state index contributed by atoms with van der Waals surface area (Å²) in [7, 11) is 1.90. The summed E-state index contributed by atoms with van der Waals surface area (Å²) in [6.07, 6.45) is 4.75. The number of rotatable bonds is 5. The first kappa shape index (κ1) is 16.9. The first-order valence-corrected chi connectivity index (χ1v) is 9.21. The summed E-state index contributed by atoms with van der Waals surface area (Å²) in [6, 6.07) is 5.89. The Labute approximate surface area is 153 Å². The highest BCUT2D eigenvalue weighted by molar-refractivity contribution is 5.83. The average Bonchev–Trinajstić information content (AvgIpc) is 3.33. The third-order valence-corrected chi connectivity index (χ3v) is 5.17. The molecule has 0 bridgehead atoms. The molecule has 4 rings (SSSR count). The first-order chi connectivity index (χ1) is 12.5. The lowest BCUT2D eigenvalue weighted by Gasteiger charge is -2.25. The van der Waals surface area contributed by atoms with Gasteiger partial charge in [0, 0.05) is 19.2 Å². The summed E-state index contributed by atoms with van der Waals surface area (Å²) in [5.41, 5.74) is 2.20. The van der Waals surface area contributed by atoms with E-state index in [-0.39, 0.29) is 29.7 Å². The fourth-order valence-electron chi connectivity index (χ4n) is 3.63. The highest BCUT2D eigenvalue weighted by atomic mass is 16.6. The van der Waals surface area contributed by atoms with Crippen molar-refractivity contribution in [1.82, 2.24) is 15.1 Å². The van der Waals surface area contributed by atoms with Crippen LogP contribution in [0.25, 0.3) is 0 Å². The summed E-state index contributed by atoms with van der Waals surface area (Å²) in [6.45, 7) is 5.37. The second kappa shape index (κ2) is 6.67. The standard InChI is InChI=1S/C20H25N3O3/c1-12(2)19(13-4-5-17-18(8-13)26-7-6-25-17)22-20(24)16-9-15(16)14-10-21-23(3)11-14/h4-5,8,10-12,15-16,19H,6-7,9H2,1-3H3,(H,22,24)/t15-,16+,19-/m0/s1. The average molecular weight is 355 g/mol. The first-order valence-electron chi connectivity index (χ1n) is 9.21. The third-order valence-electron chi connectivity index (χ3n) is 5.17. The molecule has 1 saturated carbocycles. The lowest BCUT2D eigenvalue weighted by molar-refractivity contribution is -0.123. The Kier molecular flexibility index (Phi) is 4.34. The molecule has 2 aliphatic rings. The van der Waals surface area contributed by atoms with E-state index < -0.39 is 0 Å². The second-order valence-electron chi connectivity index (χ2n) is 7.53. The summed E-state index contributed by atoms with van der Waals surface area (Å²) in [4.78, 5) is 12.8. The van der Waals surface area contributed by atoms with Crippen molar-refractivity contribution in [2.75, 3.05) is 13.2 Å². The molecule has 1 N–H and O–H groups in total. The van der Waals surface area contributed by atoms with Crippen molar-refractivity contribution in [3.05, 3.63) is 41.7 Å². The number of hydrogen-bond acceptors (Lipinski definition) is 4. The number of carbonyl (C=O) groups excluding carboxylic acids is 1. The van der Waals surface area contributed by atoms with Crippen LogP contribution in [0.2, 0.25) is 0 Å². The minimum absolute atomic E-state index is 0.0395. The van der Waals surface area contributed by atoms with Gasteiger partial charge >= 0.3 is 0 Å². The number of carbonyl (C=O) groups is 1. The molecule has 0 spiro atoms. The van der Waals surface area contributed by atoms with Crippen LogP contribution in [0.3, 0.4) is 0 Å². The van der Waals surface area contributed by atoms with Gasteiger partial charge in [0.1, 0.15) is 13.2 Å².